The quantitative estimate of drug-likeness (QED) is 0.526. The van der Waals surface area contributed by atoms with E-state index in [9.17, 15) is 9.90 Å². The Morgan fingerprint density at radius 3 is 2.60 bits per heavy atom. The lowest BCUT2D eigenvalue weighted by Crippen LogP contribution is -2.31. The molecule has 0 saturated carbocycles. The van der Waals surface area contributed by atoms with Crippen molar-refractivity contribution in [1.82, 2.24) is 0 Å². The molecule has 1 unspecified atom stereocenters. The lowest BCUT2D eigenvalue weighted by molar-refractivity contribution is -0.139. The van der Waals surface area contributed by atoms with E-state index >= 15 is 0 Å². The third-order valence-electron chi connectivity index (χ3n) is 3.56. The Bertz CT molecular complexity index is 436. The van der Waals surface area contributed by atoms with E-state index in [0.29, 0.717) is 12.2 Å². The maximum Gasteiger partial charge on any atom is 0.319 e. The Labute approximate surface area is 125 Å². The summed E-state index contributed by atoms with van der Waals surface area (Å²) in [6.07, 6.45) is 5.12. The number of nitrogens with two attached hydrogens (primary N) is 1. The van der Waals surface area contributed by atoms with Gasteiger partial charge in [-0.05, 0) is 25.0 Å². The molecule has 3 nitrogen and oxygen atoms in total. The van der Waals surface area contributed by atoms with Crippen molar-refractivity contribution < 1.29 is 9.90 Å². The highest BCUT2D eigenvalue weighted by atomic mass is 32.2. The zero-order valence-corrected chi connectivity index (χ0v) is 13.2. The molecular formula is C16H25NO2S. The van der Waals surface area contributed by atoms with Gasteiger partial charge in [-0.25, -0.2) is 0 Å². The summed E-state index contributed by atoms with van der Waals surface area (Å²) in [5.41, 5.74) is 7.65. The van der Waals surface area contributed by atoms with Crippen LogP contribution in [0.2, 0.25) is 0 Å². The maximum atomic E-state index is 11.5. The Kier molecular flexibility index (Phi) is 6.93. The molecule has 0 bridgehead atoms. The Balaban J connectivity index is 2.58. The highest BCUT2D eigenvalue weighted by Crippen LogP contribution is 2.35. The highest BCUT2D eigenvalue weighted by molar-refractivity contribution is 8.00. The first-order valence-electron chi connectivity index (χ1n) is 7.20. The molecule has 1 atom stereocenters. The number of aliphatic carboxylic acids is 1. The van der Waals surface area contributed by atoms with Crippen LogP contribution in [-0.4, -0.2) is 15.8 Å². The van der Waals surface area contributed by atoms with Gasteiger partial charge in [0.2, 0.25) is 0 Å². The largest absolute Gasteiger partial charge is 0.480 e. The number of para-hydroxylation sites is 1. The third-order valence-corrected chi connectivity index (χ3v) is 5.03. The number of rotatable bonds is 9. The SMILES string of the molecule is CCCCCCC(C)(SCc1ccccc1N)C(=O)O. The van der Waals surface area contributed by atoms with Crippen LogP contribution in [0, 0.1) is 0 Å². The first-order chi connectivity index (χ1) is 9.49. The summed E-state index contributed by atoms with van der Waals surface area (Å²) in [5, 5.41) is 9.48. The van der Waals surface area contributed by atoms with E-state index in [1.807, 2.05) is 31.2 Å². The summed E-state index contributed by atoms with van der Waals surface area (Å²) in [7, 11) is 0. The Hall–Kier alpha value is -1.16. The van der Waals surface area contributed by atoms with Gasteiger partial charge in [-0.15, -0.1) is 11.8 Å². The fourth-order valence-corrected chi connectivity index (χ4v) is 3.18. The lowest BCUT2D eigenvalue weighted by atomic mass is 10.0. The van der Waals surface area contributed by atoms with Crippen LogP contribution in [0.25, 0.3) is 0 Å². The van der Waals surface area contributed by atoms with Gasteiger partial charge in [0, 0.05) is 11.4 Å². The first kappa shape index (κ1) is 16.9. The van der Waals surface area contributed by atoms with Crippen molar-refractivity contribution in [3.8, 4) is 0 Å². The molecule has 0 spiro atoms. The average molecular weight is 295 g/mol. The van der Waals surface area contributed by atoms with E-state index in [0.717, 1.165) is 30.5 Å². The van der Waals surface area contributed by atoms with Crippen LogP contribution in [0.4, 0.5) is 5.69 Å². The van der Waals surface area contributed by atoms with Gasteiger partial charge in [-0.3, -0.25) is 4.79 Å². The van der Waals surface area contributed by atoms with E-state index < -0.39 is 10.7 Å². The fourth-order valence-electron chi connectivity index (χ4n) is 2.03. The van der Waals surface area contributed by atoms with Crippen LogP contribution >= 0.6 is 11.8 Å². The number of unbranched alkanes of at least 4 members (excludes halogenated alkanes) is 3. The Morgan fingerprint density at radius 2 is 2.00 bits per heavy atom. The molecule has 0 saturated heterocycles. The van der Waals surface area contributed by atoms with Crippen molar-refractivity contribution in [2.45, 2.75) is 56.5 Å². The van der Waals surface area contributed by atoms with Crippen LogP contribution < -0.4 is 5.73 Å². The summed E-state index contributed by atoms with van der Waals surface area (Å²) >= 11 is 1.48. The minimum absolute atomic E-state index is 0.642. The second-order valence-electron chi connectivity index (χ2n) is 5.33. The molecule has 0 aliphatic rings. The zero-order chi connectivity index (χ0) is 15.0. The number of carboxylic acids is 1. The van der Waals surface area contributed by atoms with E-state index in [2.05, 4.69) is 6.92 Å². The predicted octanol–water partition coefficient (Wildman–Crippen LogP) is 4.32. The summed E-state index contributed by atoms with van der Waals surface area (Å²) < 4.78 is -0.726. The van der Waals surface area contributed by atoms with E-state index in [-0.39, 0.29) is 0 Å². The molecule has 0 aliphatic carbocycles. The molecule has 1 aromatic carbocycles. The molecule has 3 N–H and O–H groups in total. The van der Waals surface area contributed by atoms with E-state index in [4.69, 9.17) is 5.73 Å². The molecule has 0 aromatic heterocycles. The van der Waals surface area contributed by atoms with E-state index in [1.165, 1.54) is 18.2 Å². The number of anilines is 1. The van der Waals surface area contributed by atoms with Gasteiger partial charge in [0.15, 0.2) is 0 Å². The monoisotopic (exact) mass is 295 g/mol. The normalized spacial score (nSPS) is 13.9. The molecule has 0 heterocycles. The van der Waals surface area contributed by atoms with Crippen LogP contribution in [-0.2, 0) is 10.5 Å². The molecule has 0 aliphatic heterocycles. The molecule has 0 radical (unpaired) electrons. The molecule has 0 fully saturated rings. The third kappa shape index (κ3) is 5.08. The topological polar surface area (TPSA) is 63.3 Å². The van der Waals surface area contributed by atoms with Crippen LogP contribution in [0.3, 0.4) is 0 Å². The van der Waals surface area contributed by atoms with Crippen molar-refractivity contribution in [2.75, 3.05) is 5.73 Å². The minimum atomic E-state index is -0.728. The summed E-state index contributed by atoms with van der Waals surface area (Å²) in [4.78, 5) is 11.5. The lowest BCUT2D eigenvalue weighted by Gasteiger charge is -2.24. The van der Waals surface area contributed by atoms with Crippen molar-refractivity contribution in [3.05, 3.63) is 29.8 Å². The van der Waals surface area contributed by atoms with Gasteiger partial charge in [0.05, 0.1) is 0 Å². The minimum Gasteiger partial charge on any atom is -0.480 e. The molecule has 4 heteroatoms. The van der Waals surface area contributed by atoms with Gasteiger partial charge in [-0.1, -0.05) is 50.8 Å². The van der Waals surface area contributed by atoms with Crippen molar-refractivity contribution in [3.63, 3.8) is 0 Å². The van der Waals surface area contributed by atoms with Gasteiger partial charge >= 0.3 is 5.97 Å². The number of hydrogen-bond acceptors (Lipinski definition) is 3. The second-order valence-corrected chi connectivity index (χ2v) is 6.81. The van der Waals surface area contributed by atoms with Crippen molar-refractivity contribution in [2.24, 2.45) is 0 Å². The van der Waals surface area contributed by atoms with Gasteiger partial charge in [0.1, 0.15) is 4.75 Å². The van der Waals surface area contributed by atoms with Crippen LogP contribution in [0.15, 0.2) is 24.3 Å². The predicted molar refractivity (Wildman–Crippen MR) is 86.9 cm³/mol. The fraction of sp³-hybridized carbons (Fsp3) is 0.562. The molecule has 1 aromatic rings. The second kappa shape index (κ2) is 8.20. The summed E-state index contributed by atoms with van der Waals surface area (Å²) in [6, 6.07) is 7.65. The number of carbonyl (C=O) groups is 1. The summed E-state index contributed by atoms with van der Waals surface area (Å²) in [6.45, 7) is 3.98. The van der Waals surface area contributed by atoms with Gasteiger partial charge < -0.3 is 10.8 Å². The van der Waals surface area contributed by atoms with Crippen LogP contribution in [0.1, 0.15) is 51.5 Å². The number of benzene rings is 1. The van der Waals surface area contributed by atoms with Crippen LogP contribution in [0.5, 0.6) is 0 Å². The van der Waals surface area contributed by atoms with E-state index in [1.54, 1.807) is 0 Å². The van der Waals surface area contributed by atoms with Gasteiger partial charge in [-0.2, -0.15) is 0 Å². The summed E-state index contributed by atoms with van der Waals surface area (Å²) in [5.74, 6) is -0.0861. The van der Waals surface area contributed by atoms with Crippen molar-refractivity contribution >= 4 is 23.4 Å². The molecule has 20 heavy (non-hydrogen) atoms. The maximum absolute atomic E-state index is 11.5. The molecule has 0 amide bonds. The number of hydrogen-bond donors (Lipinski definition) is 2. The number of nitrogen functional groups attached to an aromatic ring is 1. The average Bonchev–Trinajstić information content (AvgIpc) is 2.42. The van der Waals surface area contributed by atoms with Crippen molar-refractivity contribution in [1.29, 1.82) is 0 Å². The van der Waals surface area contributed by atoms with Gasteiger partial charge in [0.25, 0.3) is 0 Å². The molecule has 1 rings (SSSR count). The standard InChI is InChI=1S/C16H25NO2S/c1-3-4-5-8-11-16(2,15(18)19)20-12-13-9-6-7-10-14(13)17/h6-7,9-10H,3-5,8,11-12,17H2,1-2H3,(H,18,19). The molecular weight excluding hydrogens is 270 g/mol. The first-order valence-corrected chi connectivity index (χ1v) is 8.19. The zero-order valence-electron chi connectivity index (χ0n) is 12.4. The number of carboxylic acid groups (broad SMARTS) is 1. The molecule has 112 valence electrons. The highest BCUT2D eigenvalue weighted by Gasteiger charge is 2.33. The smallest absolute Gasteiger partial charge is 0.319 e. The Morgan fingerprint density at radius 1 is 1.30 bits per heavy atom. The number of thioether (sulfide) groups is 1.